The first-order valence-electron chi connectivity index (χ1n) is 6.52. The van der Waals surface area contributed by atoms with E-state index in [0.717, 1.165) is 16.9 Å². The molecule has 1 rings (SSSR count). The van der Waals surface area contributed by atoms with Crippen molar-refractivity contribution in [3.05, 3.63) is 29.3 Å². The van der Waals surface area contributed by atoms with Crippen LogP contribution < -0.4 is 10.1 Å². The Labute approximate surface area is 114 Å². The highest BCUT2D eigenvalue weighted by atomic mass is 16.5. The molecule has 0 bridgehead atoms. The average Bonchev–Trinajstić information content (AvgIpc) is 2.36. The maximum Gasteiger partial charge on any atom is 0.222 e. The van der Waals surface area contributed by atoms with Gasteiger partial charge in [0.25, 0.3) is 0 Å². The molecule has 1 aromatic carbocycles. The average molecular weight is 265 g/mol. The molecule has 0 aliphatic carbocycles. The highest BCUT2D eigenvalue weighted by Gasteiger charge is 2.14. The number of aryl methyl sites for hydroxylation is 1. The van der Waals surface area contributed by atoms with Crippen LogP contribution in [0.25, 0.3) is 0 Å². The number of methoxy groups -OCH3 is 1. The lowest BCUT2D eigenvalue weighted by atomic mass is 10.0. The van der Waals surface area contributed by atoms with Crippen LogP contribution in [0.4, 0.5) is 0 Å². The van der Waals surface area contributed by atoms with Gasteiger partial charge in [-0.3, -0.25) is 4.79 Å². The maximum absolute atomic E-state index is 11.7. The van der Waals surface area contributed by atoms with Gasteiger partial charge >= 0.3 is 0 Å². The number of hydrogen-bond donors (Lipinski definition) is 2. The number of aliphatic hydroxyl groups is 1. The summed E-state index contributed by atoms with van der Waals surface area (Å²) in [5, 5.41) is 12.4. The minimum absolute atomic E-state index is 0.0830. The number of nitrogens with one attached hydrogen (secondary N) is 1. The SMILES string of the molecule is COc1cc(C)ccc1CNC(=O)CC(O)C(C)C. The summed E-state index contributed by atoms with van der Waals surface area (Å²) in [6.07, 6.45) is -0.467. The molecule has 1 unspecified atom stereocenters. The van der Waals surface area contributed by atoms with E-state index in [2.05, 4.69) is 5.32 Å². The second kappa shape index (κ2) is 7.14. The van der Waals surface area contributed by atoms with Gasteiger partial charge in [0.15, 0.2) is 0 Å². The maximum atomic E-state index is 11.7. The van der Waals surface area contributed by atoms with Crippen LogP contribution in [-0.4, -0.2) is 24.2 Å². The number of carbonyl (C=O) groups excluding carboxylic acids is 1. The van der Waals surface area contributed by atoms with Gasteiger partial charge in [0.05, 0.1) is 19.6 Å². The summed E-state index contributed by atoms with van der Waals surface area (Å²) in [6, 6.07) is 5.85. The summed E-state index contributed by atoms with van der Waals surface area (Å²) in [5.41, 5.74) is 2.04. The molecule has 0 radical (unpaired) electrons. The van der Waals surface area contributed by atoms with Crippen molar-refractivity contribution in [1.82, 2.24) is 5.32 Å². The lowest BCUT2D eigenvalue weighted by Crippen LogP contribution is -2.29. The topological polar surface area (TPSA) is 58.6 Å². The zero-order valence-electron chi connectivity index (χ0n) is 12.1. The number of benzene rings is 1. The van der Waals surface area contributed by atoms with Gasteiger partial charge in [0.2, 0.25) is 5.91 Å². The van der Waals surface area contributed by atoms with Crippen LogP contribution in [0.3, 0.4) is 0 Å². The number of rotatable bonds is 6. The highest BCUT2D eigenvalue weighted by Crippen LogP contribution is 2.19. The molecule has 0 spiro atoms. The van der Waals surface area contributed by atoms with Gasteiger partial charge in [-0.1, -0.05) is 26.0 Å². The fourth-order valence-corrected chi connectivity index (χ4v) is 1.69. The molecular formula is C15H23NO3. The number of aliphatic hydroxyl groups excluding tert-OH is 1. The van der Waals surface area contributed by atoms with Crippen molar-refractivity contribution in [3.63, 3.8) is 0 Å². The lowest BCUT2D eigenvalue weighted by Gasteiger charge is -2.15. The van der Waals surface area contributed by atoms with Crippen molar-refractivity contribution in [2.75, 3.05) is 7.11 Å². The van der Waals surface area contributed by atoms with Gasteiger partial charge in [-0.15, -0.1) is 0 Å². The van der Waals surface area contributed by atoms with Crippen LogP contribution in [0.1, 0.15) is 31.4 Å². The van der Waals surface area contributed by atoms with Crippen LogP contribution in [0, 0.1) is 12.8 Å². The molecule has 0 aliphatic rings. The number of hydrogen-bond acceptors (Lipinski definition) is 3. The molecule has 1 atom stereocenters. The highest BCUT2D eigenvalue weighted by molar-refractivity contribution is 5.76. The monoisotopic (exact) mass is 265 g/mol. The van der Waals surface area contributed by atoms with E-state index in [1.165, 1.54) is 0 Å². The minimum atomic E-state index is -0.597. The third-order valence-corrected chi connectivity index (χ3v) is 3.08. The third-order valence-electron chi connectivity index (χ3n) is 3.08. The fraction of sp³-hybridized carbons (Fsp3) is 0.533. The van der Waals surface area contributed by atoms with E-state index in [9.17, 15) is 9.90 Å². The van der Waals surface area contributed by atoms with Crippen LogP contribution in [0.15, 0.2) is 18.2 Å². The first kappa shape index (κ1) is 15.5. The predicted octanol–water partition coefficient (Wildman–Crippen LogP) is 2.03. The summed E-state index contributed by atoms with van der Waals surface area (Å²) in [4.78, 5) is 11.7. The Balaban J connectivity index is 2.55. The minimum Gasteiger partial charge on any atom is -0.496 e. The fourth-order valence-electron chi connectivity index (χ4n) is 1.69. The van der Waals surface area contributed by atoms with E-state index in [0.29, 0.717) is 6.54 Å². The molecule has 0 aliphatic heterocycles. The second-order valence-electron chi connectivity index (χ2n) is 5.11. The smallest absolute Gasteiger partial charge is 0.222 e. The summed E-state index contributed by atoms with van der Waals surface area (Å²) in [7, 11) is 1.61. The molecule has 0 saturated heterocycles. The van der Waals surface area contributed by atoms with Gasteiger partial charge in [0, 0.05) is 12.1 Å². The molecule has 0 fully saturated rings. The predicted molar refractivity (Wildman–Crippen MR) is 75.0 cm³/mol. The Morgan fingerprint density at radius 3 is 2.68 bits per heavy atom. The molecule has 2 N–H and O–H groups in total. The molecule has 0 saturated carbocycles. The van der Waals surface area contributed by atoms with E-state index in [1.807, 2.05) is 39.0 Å². The Morgan fingerprint density at radius 2 is 2.11 bits per heavy atom. The first-order chi connectivity index (χ1) is 8.93. The Hall–Kier alpha value is -1.55. The molecule has 0 aromatic heterocycles. The van der Waals surface area contributed by atoms with Gasteiger partial charge in [-0.05, 0) is 24.5 Å². The number of ether oxygens (including phenoxy) is 1. The van der Waals surface area contributed by atoms with Crippen molar-refractivity contribution in [1.29, 1.82) is 0 Å². The van der Waals surface area contributed by atoms with E-state index < -0.39 is 6.10 Å². The Kier molecular flexibility index (Phi) is 5.83. The standard InChI is InChI=1S/C15H23NO3/c1-10(2)13(17)8-15(18)16-9-12-6-5-11(3)7-14(12)19-4/h5-7,10,13,17H,8-9H2,1-4H3,(H,16,18). The zero-order valence-corrected chi connectivity index (χ0v) is 12.1. The summed E-state index contributed by atoms with van der Waals surface area (Å²) in [6.45, 7) is 6.18. The van der Waals surface area contributed by atoms with Gasteiger partial charge in [-0.25, -0.2) is 0 Å². The Morgan fingerprint density at radius 1 is 1.42 bits per heavy atom. The number of carbonyl (C=O) groups is 1. The van der Waals surface area contributed by atoms with Crippen molar-refractivity contribution in [3.8, 4) is 5.75 Å². The lowest BCUT2D eigenvalue weighted by molar-refractivity contribution is -0.123. The van der Waals surface area contributed by atoms with Crippen molar-refractivity contribution >= 4 is 5.91 Å². The molecule has 4 heteroatoms. The third kappa shape index (κ3) is 4.91. The van der Waals surface area contributed by atoms with E-state index in [1.54, 1.807) is 7.11 Å². The first-order valence-corrected chi connectivity index (χ1v) is 6.52. The molecule has 106 valence electrons. The normalized spacial score (nSPS) is 12.3. The van der Waals surface area contributed by atoms with Crippen LogP contribution in [0.5, 0.6) is 5.75 Å². The molecule has 19 heavy (non-hydrogen) atoms. The quantitative estimate of drug-likeness (QED) is 0.827. The summed E-state index contributed by atoms with van der Waals surface area (Å²) >= 11 is 0. The molecule has 4 nitrogen and oxygen atoms in total. The zero-order chi connectivity index (χ0) is 14.4. The van der Waals surface area contributed by atoms with E-state index >= 15 is 0 Å². The van der Waals surface area contributed by atoms with E-state index in [4.69, 9.17) is 4.74 Å². The van der Waals surface area contributed by atoms with Gasteiger partial charge in [0.1, 0.15) is 5.75 Å². The molecule has 0 heterocycles. The summed E-state index contributed by atoms with van der Waals surface area (Å²) < 4.78 is 5.28. The van der Waals surface area contributed by atoms with Crippen molar-refractivity contribution in [2.45, 2.75) is 39.8 Å². The Bertz CT molecular complexity index is 429. The van der Waals surface area contributed by atoms with Crippen molar-refractivity contribution in [2.24, 2.45) is 5.92 Å². The molecule has 1 aromatic rings. The van der Waals surface area contributed by atoms with Crippen LogP contribution >= 0.6 is 0 Å². The second-order valence-corrected chi connectivity index (χ2v) is 5.11. The molecular weight excluding hydrogens is 242 g/mol. The largest absolute Gasteiger partial charge is 0.496 e. The van der Waals surface area contributed by atoms with Gasteiger partial charge < -0.3 is 15.2 Å². The number of amides is 1. The molecule has 1 amide bonds. The van der Waals surface area contributed by atoms with Crippen molar-refractivity contribution < 1.29 is 14.6 Å². The van der Waals surface area contributed by atoms with E-state index in [-0.39, 0.29) is 18.2 Å². The summed E-state index contributed by atoms with van der Waals surface area (Å²) in [5.74, 6) is 0.702. The van der Waals surface area contributed by atoms with Crippen LogP contribution in [-0.2, 0) is 11.3 Å². The van der Waals surface area contributed by atoms with Gasteiger partial charge in [-0.2, -0.15) is 0 Å². The van der Waals surface area contributed by atoms with Crippen LogP contribution in [0.2, 0.25) is 0 Å².